The molecule has 2 N–H and O–H groups in total. The van der Waals surface area contributed by atoms with E-state index in [0.717, 1.165) is 13.0 Å². The van der Waals surface area contributed by atoms with Gasteiger partial charge in [-0.05, 0) is 25.1 Å². The van der Waals surface area contributed by atoms with Gasteiger partial charge in [-0.25, -0.2) is 22.2 Å². The molecule has 0 bridgehead atoms. The fourth-order valence-corrected chi connectivity index (χ4v) is 3.46. The maximum Gasteiger partial charge on any atom is 0.244 e. The van der Waals surface area contributed by atoms with Crippen LogP contribution in [0.3, 0.4) is 0 Å². The minimum absolute atomic E-state index is 0.0256. The first-order valence-corrected chi connectivity index (χ1v) is 8.07. The van der Waals surface area contributed by atoms with E-state index in [-0.39, 0.29) is 16.6 Å². The number of benzene rings is 1. The number of nitrogens with one attached hydrogen (secondary N) is 2. The summed E-state index contributed by atoms with van der Waals surface area (Å²) in [6.07, 6.45) is 3.28. The third-order valence-electron chi connectivity index (χ3n) is 3.35. The van der Waals surface area contributed by atoms with Crippen LogP contribution in [0.2, 0.25) is 0 Å². The SMILES string of the molecule is O=S(=O)(NC1CCNC1)c1cnn(-c2ccccc2F)c1. The molecule has 0 aliphatic carbocycles. The third-order valence-corrected chi connectivity index (χ3v) is 4.83. The molecule has 21 heavy (non-hydrogen) atoms. The van der Waals surface area contributed by atoms with Gasteiger partial charge >= 0.3 is 0 Å². The molecule has 1 unspecified atom stereocenters. The van der Waals surface area contributed by atoms with Gasteiger partial charge in [0.05, 0.1) is 12.4 Å². The van der Waals surface area contributed by atoms with Crippen molar-refractivity contribution in [3.8, 4) is 5.69 Å². The molecule has 0 saturated carbocycles. The summed E-state index contributed by atoms with van der Waals surface area (Å²) < 4.78 is 42.0. The van der Waals surface area contributed by atoms with Crippen molar-refractivity contribution < 1.29 is 12.8 Å². The Kier molecular flexibility index (Phi) is 3.75. The highest BCUT2D eigenvalue weighted by Crippen LogP contribution is 2.15. The summed E-state index contributed by atoms with van der Waals surface area (Å²) in [6.45, 7) is 1.41. The van der Waals surface area contributed by atoms with Crippen LogP contribution in [0.15, 0.2) is 41.6 Å². The Morgan fingerprint density at radius 2 is 2.19 bits per heavy atom. The van der Waals surface area contributed by atoms with E-state index in [1.807, 2.05) is 0 Å². The molecule has 1 aliphatic heterocycles. The Labute approximate surface area is 122 Å². The number of para-hydroxylation sites is 1. The second-order valence-electron chi connectivity index (χ2n) is 4.88. The molecule has 1 aliphatic rings. The zero-order chi connectivity index (χ0) is 14.9. The fraction of sp³-hybridized carbons (Fsp3) is 0.308. The van der Waals surface area contributed by atoms with Crippen molar-refractivity contribution in [2.75, 3.05) is 13.1 Å². The molecule has 2 aromatic rings. The fourth-order valence-electron chi connectivity index (χ4n) is 2.26. The van der Waals surface area contributed by atoms with Crippen LogP contribution >= 0.6 is 0 Å². The number of nitrogens with zero attached hydrogens (tertiary/aromatic N) is 2. The van der Waals surface area contributed by atoms with Crippen LogP contribution in [0.5, 0.6) is 0 Å². The van der Waals surface area contributed by atoms with Gasteiger partial charge in [0.15, 0.2) is 0 Å². The van der Waals surface area contributed by atoms with Crippen LogP contribution in [0.1, 0.15) is 6.42 Å². The van der Waals surface area contributed by atoms with Gasteiger partial charge in [-0.3, -0.25) is 0 Å². The zero-order valence-electron chi connectivity index (χ0n) is 11.2. The van der Waals surface area contributed by atoms with E-state index in [1.165, 1.54) is 29.2 Å². The summed E-state index contributed by atoms with van der Waals surface area (Å²) >= 11 is 0. The lowest BCUT2D eigenvalue weighted by Gasteiger charge is -2.10. The minimum atomic E-state index is -3.64. The average Bonchev–Trinajstić information content (AvgIpc) is 3.10. The third kappa shape index (κ3) is 2.97. The number of halogens is 1. The average molecular weight is 310 g/mol. The summed E-state index contributed by atoms with van der Waals surface area (Å²) in [6, 6.07) is 5.94. The molecular weight excluding hydrogens is 295 g/mol. The van der Waals surface area contributed by atoms with Crippen LogP contribution in [0, 0.1) is 5.82 Å². The molecule has 1 fully saturated rings. The van der Waals surface area contributed by atoms with E-state index >= 15 is 0 Å². The molecule has 1 atom stereocenters. The molecule has 112 valence electrons. The molecule has 0 spiro atoms. The highest BCUT2D eigenvalue weighted by molar-refractivity contribution is 7.89. The van der Waals surface area contributed by atoms with Crippen molar-refractivity contribution in [2.45, 2.75) is 17.4 Å². The Bertz CT molecular complexity index is 738. The number of hydrogen-bond donors (Lipinski definition) is 2. The van der Waals surface area contributed by atoms with Crippen LogP contribution in [-0.2, 0) is 10.0 Å². The van der Waals surface area contributed by atoms with Crippen LogP contribution in [0.4, 0.5) is 4.39 Å². The maximum absolute atomic E-state index is 13.7. The molecule has 1 aromatic heterocycles. The molecule has 1 aromatic carbocycles. The molecule has 6 nitrogen and oxygen atoms in total. The van der Waals surface area contributed by atoms with E-state index in [9.17, 15) is 12.8 Å². The van der Waals surface area contributed by atoms with Gasteiger partial charge in [-0.2, -0.15) is 5.10 Å². The Morgan fingerprint density at radius 3 is 2.90 bits per heavy atom. The molecular formula is C13H15FN4O2S. The first kappa shape index (κ1) is 14.2. The lowest BCUT2D eigenvalue weighted by Crippen LogP contribution is -2.36. The van der Waals surface area contributed by atoms with Crippen molar-refractivity contribution in [3.63, 3.8) is 0 Å². The van der Waals surface area contributed by atoms with E-state index in [0.29, 0.717) is 6.54 Å². The summed E-state index contributed by atoms with van der Waals surface area (Å²) in [4.78, 5) is 0.0256. The topological polar surface area (TPSA) is 76.0 Å². The Balaban J connectivity index is 1.86. The molecule has 2 heterocycles. The van der Waals surface area contributed by atoms with Gasteiger partial charge in [0.1, 0.15) is 16.4 Å². The van der Waals surface area contributed by atoms with Gasteiger partial charge in [0.25, 0.3) is 0 Å². The first-order chi connectivity index (χ1) is 10.1. The second kappa shape index (κ2) is 5.55. The van der Waals surface area contributed by atoms with Crippen molar-refractivity contribution in [2.24, 2.45) is 0 Å². The largest absolute Gasteiger partial charge is 0.315 e. The van der Waals surface area contributed by atoms with Crippen molar-refractivity contribution in [1.29, 1.82) is 0 Å². The van der Waals surface area contributed by atoms with Gasteiger partial charge in [0.2, 0.25) is 10.0 Å². The van der Waals surface area contributed by atoms with Crippen molar-refractivity contribution in [1.82, 2.24) is 19.8 Å². The number of aromatic nitrogens is 2. The van der Waals surface area contributed by atoms with Crippen LogP contribution < -0.4 is 10.0 Å². The van der Waals surface area contributed by atoms with E-state index in [2.05, 4.69) is 15.1 Å². The minimum Gasteiger partial charge on any atom is -0.315 e. The predicted octanol–water partition coefficient (Wildman–Crippen LogP) is 0.652. The molecule has 3 rings (SSSR count). The molecule has 0 radical (unpaired) electrons. The standard InChI is InChI=1S/C13H15FN4O2S/c14-12-3-1-2-4-13(12)18-9-11(8-16-18)21(19,20)17-10-5-6-15-7-10/h1-4,8-10,15,17H,5-7H2. The van der Waals surface area contributed by atoms with E-state index < -0.39 is 15.8 Å². The van der Waals surface area contributed by atoms with Crippen LogP contribution in [0.25, 0.3) is 5.69 Å². The zero-order valence-corrected chi connectivity index (χ0v) is 12.0. The van der Waals surface area contributed by atoms with Crippen molar-refractivity contribution >= 4 is 10.0 Å². The highest BCUT2D eigenvalue weighted by Gasteiger charge is 2.24. The quantitative estimate of drug-likeness (QED) is 0.869. The lowest BCUT2D eigenvalue weighted by atomic mass is 10.3. The number of sulfonamides is 1. The number of hydrogen-bond acceptors (Lipinski definition) is 4. The highest BCUT2D eigenvalue weighted by atomic mass is 32.2. The maximum atomic E-state index is 13.7. The molecule has 1 saturated heterocycles. The van der Waals surface area contributed by atoms with E-state index in [1.54, 1.807) is 12.1 Å². The second-order valence-corrected chi connectivity index (χ2v) is 6.60. The Morgan fingerprint density at radius 1 is 1.38 bits per heavy atom. The van der Waals surface area contributed by atoms with Gasteiger partial charge in [-0.1, -0.05) is 12.1 Å². The monoisotopic (exact) mass is 310 g/mol. The van der Waals surface area contributed by atoms with Gasteiger partial charge in [-0.15, -0.1) is 0 Å². The normalized spacial score (nSPS) is 19.0. The van der Waals surface area contributed by atoms with Gasteiger partial charge < -0.3 is 5.32 Å². The van der Waals surface area contributed by atoms with Crippen LogP contribution in [-0.4, -0.2) is 37.3 Å². The summed E-state index contributed by atoms with van der Waals surface area (Å²) in [7, 11) is -3.64. The summed E-state index contributed by atoms with van der Waals surface area (Å²) in [5, 5.41) is 7.02. The Hall–Kier alpha value is -1.77. The first-order valence-electron chi connectivity index (χ1n) is 6.59. The summed E-state index contributed by atoms with van der Waals surface area (Å²) in [5.41, 5.74) is 0.210. The van der Waals surface area contributed by atoms with E-state index in [4.69, 9.17) is 0 Å². The smallest absolute Gasteiger partial charge is 0.244 e. The van der Waals surface area contributed by atoms with Crippen molar-refractivity contribution in [3.05, 3.63) is 42.5 Å². The lowest BCUT2D eigenvalue weighted by molar-refractivity contribution is 0.560. The summed E-state index contributed by atoms with van der Waals surface area (Å²) in [5.74, 6) is -0.461. The number of rotatable bonds is 4. The predicted molar refractivity (Wildman–Crippen MR) is 75.1 cm³/mol. The van der Waals surface area contributed by atoms with Gasteiger partial charge in [0, 0.05) is 12.6 Å². The molecule has 8 heteroatoms. The molecule has 0 amide bonds.